The molecular weight excluding hydrogens is 240 g/mol. The summed E-state index contributed by atoms with van der Waals surface area (Å²) in [4.78, 5) is 23.0. The number of ketones is 1. The minimum Gasteiger partial charge on any atom is -0.335 e. The van der Waals surface area contributed by atoms with E-state index in [2.05, 4.69) is 10.6 Å². The third kappa shape index (κ3) is 3.75. The first-order valence-electron chi connectivity index (χ1n) is 5.48. The van der Waals surface area contributed by atoms with Gasteiger partial charge in [-0.05, 0) is 37.1 Å². The van der Waals surface area contributed by atoms with Crippen molar-refractivity contribution in [3.63, 3.8) is 0 Å². The van der Waals surface area contributed by atoms with E-state index in [1.165, 1.54) is 0 Å². The van der Waals surface area contributed by atoms with E-state index in [1.54, 1.807) is 24.3 Å². The first kappa shape index (κ1) is 11.9. The molecule has 0 atom stereocenters. The molecule has 1 aliphatic rings. The molecule has 17 heavy (non-hydrogen) atoms. The fourth-order valence-electron chi connectivity index (χ4n) is 1.36. The number of halogens is 1. The van der Waals surface area contributed by atoms with Crippen molar-refractivity contribution in [1.82, 2.24) is 10.6 Å². The van der Waals surface area contributed by atoms with Gasteiger partial charge >= 0.3 is 6.03 Å². The van der Waals surface area contributed by atoms with Crippen molar-refractivity contribution in [2.75, 3.05) is 6.54 Å². The molecule has 0 bridgehead atoms. The fraction of sp³-hybridized carbons (Fsp3) is 0.333. The highest BCUT2D eigenvalue weighted by Gasteiger charge is 2.23. The largest absolute Gasteiger partial charge is 0.335 e. The summed E-state index contributed by atoms with van der Waals surface area (Å²) in [6.07, 6.45) is 2.05. The zero-order valence-electron chi connectivity index (χ0n) is 9.20. The molecule has 2 N–H and O–H groups in total. The molecule has 4 nitrogen and oxygen atoms in total. The molecule has 2 amide bonds. The van der Waals surface area contributed by atoms with Gasteiger partial charge in [-0.1, -0.05) is 11.6 Å². The number of benzene rings is 1. The molecule has 1 saturated carbocycles. The van der Waals surface area contributed by atoms with Gasteiger partial charge in [0.15, 0.2) is 5.78 Å². The molecule has 0 radical (unpaired) electrons. The zero-order valence-corrected chi connectivity index (χ0v) is 9.96. The lowest BCUT2D eigenvalue weighted by atomic mass is 10.1. The lowest BCUT2D eigenvalue weighted by Crippen LogP contribution is -2.39. The maximum absolute atomic E-state index is 11.7. The third-order valence-electron chi connectivity index (χ3n) is 2.49. The molecule has 0 aliphatic heterocycles. The number of carbonyl (C=O) groups excluding carboxylic acids is 2. The van der Waals surface area contributed by atoms with Gasteiger partial charge in [0.2, 0.25) is 0 Å². The quantitative estimate of drug-likeness (QED) is 0.805. The predicted octanol–water partition coefficient (Wildman–Crippen LogP) is 1.98. The van der Waals surface area contributed by atoms with Crippen molar-refractivity contribution in [3.8, 4) is 0 Å². The van der Waals surface area contributed by atoms with Gasteiger partial charge in [0, 0.05) is 16.6 Å². The van der Waals surface area contributed by atoms with Crippen LogP contribution in [0.1, 0.15) is 23.2 Å². The van der Waals surface area contributed by atoms with Crippen LogP contribution in [0.5, 0.6) is 0 Å². The number of Topliss-reactive ketones (excluding diaryl/α,β-unsaturated/α-hetero) is 1. The van der Waals surface area contributed by atoms with Gasteiger partial charge in [0.1, 0.15) is 0 Å². The van der Waals surface area contributed by atoms with Gasteiger partial charge in [-0.15, -0.1) is 0 Å². The van der Waals surface area contributed by atoms with Crippen LogP contribution in [0.3, 0.4) is 0 Å². The zero-order chi connectivity index (χ0) is 12.3. The Bertz CT molecular complexity index is 427. The highest BCUT2D eigenvalue weighted by molar-refractivity contribution is 6.30. The smallest absolute Gasteiger partial charge is 0.315 e. The van der Waals surface area contributed by atoms with Gasteiger partial charge in [-0.25, -0.2) is 4.79 Å². The maximum atomic E-state index is 11.7. The van der Waals surface area contributed by atoms with Crippen LogP contribution in [-0.4, -0.2) is 24.4 Å². The normalized spacial score (nSPS) is 14.2. The average molecular weight is 253 g/mol. The molecule has 1 aromatic rings. The minimum absolute atomic E-state index is 0.000184. The van der Waals surface area contributed by atoms with E-state index in [-0.39, 0.29) is 18.4 Å². The van der Waals surface area contributed by atoms with Gasteiger partial charge in [0.05, 0.1) is 6.54 Å². The van der Waals surface area contributed by atoms with Crippen molar-refractivity contribution in [2.45, 2.75) is 18.9 Å². The number of amides is 2. The summed E-state index contributed by atoms with van der Waals surface area (Å²) in [5.41, 5.74) is 0.543. The van der Waals surface area contributed by atoms with E-state index >= 15 is 0 Å². The van der Waals surface area contributed by atoms with Crippen LogP contribution in [0, 0.1) is 0 Å². The first-order valence-corrected chi connectivity index (χ1v) is 5.86. The van der Waals surface area contributed by atoms with Crippen LogP contribution in [0.15, 0.2) is 24.3 Å². The highest BCUT2D eigenvalue weighted by Crippen LogP contribution is 2.18. The van der Waals surface area contributed by atoms with Crippen molar-refractivity contribution in [2.24, 2.45) is 0 Å². The number of rotatable bonds is 4. The lowest BCUT2D eigenvalue weighted by molar-refractivity contribution is 0.0992. The molecule has 0 saturated heterocycles. The molecule has 1 fully saturated rings. The molecule has 0 heterocycles. The molecule has 90 valence electrons. The van der Waals surface area contributed by atoms with E-state index in [0.717, 1.165) is 12.8 Å². The van der Waals surface area contributed by atoms with Crippen molar-refractivity contribution in [3.05, 3.63) is 34.9 Å². The Kier molecular flexibility index (Phi) is 3.64. The summed E-state index contributed by atoms with van der Waals surface area (Å²) >= 11 is 5.72. The minimum atomic E-state index is -0.283. The molecule has 2 rings (SSSR count). The van der Waals surface area contributed by atoms with Crippen LogP contribution in [0.25, 0.3) is 0 Å². The number of nitrogens with one attached hydrogen (secondary N) is 2. The van der Waals surface area contributed by atoms with Crippen molar-refractivity contribution in [1.29, 1.82) is 0 Å². The number of urea groups is 1. The lowest BCUT2D eigenvalue weighted by Gasteiger charge is -2.05. The molecule has 1 aromatic carbocycles. The topological polar surface area (TPSA) is 58.2 Å². The fourth-order valence-corrected chi connectivity index (χ4v) is 1.49. The van der Waals surface area contributed by atoms with E-state index in [9.17, 15) is 9.59 Å². The summed E-state index contributed by atoms with van der Waals surface area (Å²) in [6.45, 7) is 0.000184. The van der Waals surface area contributed by atoms with E-state index in [0.29, 0.717) is 16.6 Å². The van der Waals surface area contributed by atoms with Crippen LogP contribution in [0.4, 0.5) is 4.79 Å². The Morgan fingerprint density at radius 1 is 1.24 bits per heavy atom. The first-order chi connectivity index (χ1) is 8.15. The summed E-state index contributed by atoms with van der Waals surface area (Å²) in [5.74, 6) is -0.132. The van der Waals surface area contributed by atoms with E-state index in [4.69, 9.17) is 11.6 Å². The van der Waals surface area contributed by atoms with E-state index in [1.807, 2.05) is 0 Å². The SMILES string of the molecule is O=C(NCC(=O)c1ccc(Cl)cc1)NC1CC1. The summed E-state index contributed by atoms with van der Waals surface area (Å²) in [7, 11) is 0. The Morgan fingerprint density at radius 3 is 2.47 bits per heavy atom. The second kappa shape index (κ2) is 5.19. The van der Waals surface area contributed by atoms with Crippen LogP contribution >= 0.6 is 11.6 Å². The number of hydrogen-bond donors (Lipinski definition) is 2. The van der Waals surface area contributed by atoms with Gasteiger partial charge in [-0.3, -0.25) is 4.79 Å². The second-order valence-electron chi connectivity index (χ2n) is 4.03. The molecule has 1 aliphatic carbocycles. The summed E-state index contributed by atoms with van der Waals surface area (Å²) in [6, 6.07) is 6.60. The van der Waals surface area contributed by atoms with Gasteiger partial charge in [0.25, 0.3) is 0 Å². The predicted molar refractivity (Wildman–Crippen MR) is 65.3 cm³/mol. The molecule has 0 spiro atoms. The third-order valence-corrected chi connectivity index (χ3v) is 2.74. The summed E-state index contributed by atoms with van der Waals surface area (Å²) in [5, 5.41) is 5.86. The number of hydrogen-bond acceptors (Lipinski definition) is 2. The average Bonchev–Trinajstić information content (AvgIpc) is 3.11. The summed E-state index contributed by atoms with van der Waals surface area (Å²) < 4.78 is 0. The molecule has 0 aromatic heterocycles. The Morgan fingerprint density at radius 2 is 1.88 bits per heavy atom. The second-order valence-corrected chi connectivity index (χ2v) is 4.47. The van der Waals surface area contributed by atoms with Crippen molar-refractivity contribution >= 4 is 23.4 Å². The number of carbonyl (C=O) groups is 2. The van der Waals surface area contributed by atoms with Gasteiger partial charge in [-0.2, -0.15) is 0 Å². The van der Waals surface area contributed by atoms with E-state index < -0.39 is 0 Å². The Hall–Kier alpha value is -1.55. The van der Waals surface area contributed by atoms with Gasteiger partial charge < -0.3 is 10.6 Å². The molecule has 5 heteroatoms. The Labute approximate surface area is 104 Å². The molecular formula is C12H13ClN2O2. The van der Waals surface area contributed by atoms with Crippen LogP contribution in [-0.2, 0) is 0 Å². The maximum Gasteiger partial charge on any atom is 0.315 e. The monoisotopic (exact) mass is 252 g/mol. The highest BCUT2D eigenvalue weighted by atomic mass is 35.5. The Balaban J connectivity index is 1.79. The van der Waals surface area contributed by atoms with Crippen LogP contribution < -0.4 is 10.6 Å². The molecule has 0 unspecified atom stereocenters. The van der Waals surface area contributed by atoms with Crippen LogP contribution in [0.2, 0.25) is 5.02 Å². The van der Waals surface area contributed by atoms with Crippen molar-refractivity contribution < 1.29 is 9.59 Å². The standard InChI is InChI=1S/C12H13ClN2O2/c13-9-3-1-8(2-4-9)11(16)7-14-12(17)15-10-5-6-10/h1-4,10H,5-7H2,(H2,14,15,17).